The van der Waals surface area contributed by atoms with E-state index in [9.17, 15) is 13.2 Å². The summed E-state index contributed by atoms with van der Waals surface area (Å²) in [6.45, 7) is 0. The van der Waals surface area contributed by atoms with Gasteiger partial charge in [0.25, 0.3) is 0 Å². The van der Waals surface area contributed by atoms with Crippen molar-refractivity contribution in [2.75, 3.05) is 11.5 Å². The van der Waals surface area contributed by atoms with Crippen molar-refractivity contribution in [2.45, 2.75) is 23.8 Å². The monoisotopic (exact) mass is 380 g/mol. The molecule has 0 aliphatic carbocycles. The standard InChI is InChI=1S/C16H20N4O3S2/c1-20-14(8-12-6-7-25(22,23)10-12)18-19-16(20)24-9-11-2-4-13(5-3-11)15(17)21/h2-5,12H,6-10H2,1H3,(H2,17,21)/t12-/m1/s1. The Morgan fingerprint density at radius 2 is 2.04 bits per heavy atom. The molecule has 1 atom stereocenters. The van der Waals surface area contributed by atoms with Gasteiger partial charge in [-0.15, -0.1) is 10.2 Å². The fraction of sp³-hybridized carbons (Fsp3) is 0.438. The number of nitrogens with zero attached hydrogens (tertiary/aromatic N) is 3. The Morgan fingerprint density at radius 1 is 1.32 bits per heavy atom. The SMILES string of the molecule is Cn1c(C[C@H]2CCS(=O)(=O)C2)nnc1SCc1ccc(C(N)=O)cc1. The second kappa shape index (κ2) is 7.17. The lowest BCUT2D eigenvalue weighted by Gasteiger charge is -2.07. The average Bonchev–Trinajstić information content (AvgIpc) is 3.09. The number of rotatable bonds is 6. The van der Waals surface area contributed by atoms with E-state index in [1.165, 1.54) is 0 Å². The van der Waals surface area contributed by atoms with Crippen LogP contribution in [0.15, 0.2) is 29.4 Å². The third kappa shape index (κ3) is 4.40. The van der Waals surface area contributed by atoms with Crippen LogP contribution in [0.1, 0.15) is 28.2 Å². The molecule has 1 aromatic heterocycles. The molecule has 2 heterocycles. The summed E-state index contributed by atoms with van der Waals surface area (Å²) in [5.41, 5.74) is 6.78. The van der Waals surface area contributed by atoms with Gasteiger partial charge in [-0.1, -0.05) is 23.9 Å². The number of nitrogens with two attached hydrogens (primary N) is 1. The number of carbonyl (C=O) groups excluding carboxylic acids is 1. The number of thioether (sulfide) groups is 1. The first-order valence-corrected chi connectivity index (χ1v) is 10.7. The minimum absolute atomic E-state index is 0.132. The zero-order chi connectivity index (χ0) is 18.0. The molecule has 7 nitrogen and oxygen atoms in total. The van der Waals surface area contributed by atoms with Gasteiger partial charge in [0.2, 0.25) is 5.91 Å². The highest BCUT2D eigenvalue weighted by molar-refractivity contribution is 7.98. The van der Waals surface area contributed by atoms with E-state index in [-0.39, 0.29) is 17.4 Å². The Hall–Kier alpha value is -1.87. The van der Waals surface area contributed by atoms with E-state index in [4.69, 9.17) is 5.73 Å². The van der Waals surface area contributed by atoms with E-state index in [1.807, 2.05) is 23.7 Å². The fourth-order valence-corrected chi connectivity index (χ4v) is 5.60. The van der Waals surface area contributed by atoms with Gasteiger partial charge in [0.05, 0.1) is 11.5 Å². The Morgan fingerprint density at radius 3 is 2.64 bits per heavy atom. The van der Waals surface area contributed by atoms with E-state index in [1.54, 1.807) is 23.9 Å². The third-order valence-electron chi connectivity index (χ3n) is 4.33. The van der Waals surface area contributed by atoms with Crippen LogP contribution in [0.25, 0.3) is 0 Å². The third-order valence-corrected chi connectivity index (χ3v) is 7.26. The molecule has 1 aliphatic heterocycles. The fourth-order valence-electron chi connectivity index (χ4n) is 2.85. The largest absolute Gasteiger partial charge is 0.366 e. The number of amides is 1. The van der Waals surface area contributed by atoms with Crippen LogP contribution in [0, 0.1) is 5.92 Å². The van der Waals surface area contributed by atoms with E-state index < -0.39 is 15.7 Å². The Bertz CT molecular complexity index is 875. The van der Waals surface area contributed by atoms with Crippen molar-refractivity contribution in [3.63, 3.8) is 0 Å². The predicted octanol–water partition coefficient (Wildman–Crippen LogP) is 1.18. The van der Waals surface area contributed by atoms with Crippen molar-refractivity contribution in [3.05, 3.63) is 41.2 Å². The summed E-state index contributed by atoms with van der Waals surface area (Å²) < 4.78 is 25.1. The van der Waals surface area contributed by atoms with E-state index in [0.717, 1.165) is 16.5 Å². The predicted molar refractivity (Wildman–Crippen MR) is 96.0 cm³/mol. The number of hydrogen-bond acceptors (Lipinski definition) is 6. The molecule has 0 bridgehead atoms. The normalized spacial score (nSPS) is 19.2. The van der Waals surface area contributed by atoms with Crippen LogP contribution in [-0.2, 0) is 29.1 Å². The molecule has 2 aromatic rings. The molecule has 1 saturated heterocycles. The Balaban J connectivity index is 1.60. The second-order valence-corrected chi connectivity index (χ2v) is 9.45. The van der Waals surface area contributed by atoms with Gasteiger partial charge >= 0.3 is 0 Å². The van der Waals surface area contributed by atoms with Crippen molar-refractivity contribution in [3.8, 4) is 0 Å². The molecule has 0 radical (unpaired) electrons. The number of sulfone groups is 1. The molecule has 1 amide bonds. The molecule has 1 fully saturated rings. The van der Waals surface area contributed by atoms with Crippen LogP contribution in [-0.4, -0.2) is 40.6 Å². The maximum Gasteiger partial charge on any atom is 0.248 e. The molecular formula is C16H20N4O3S2. The van der Waals surface area contributed by atoms with Gasteiger partial charge in [-0.25, -0.2) is 8.42 Å². The highest BCUT2D eigenvalue weighted by Crippen LogP contribution is 2.25. The van der Waals surface area contributed by atoms with Gasteiger partial charge in [0, 0.05) is 24.8 Å². The van der Waals surface area contributed by atoms with Gasteiger partial charge in [-0.3, -0.25) is 4.79 Å². The zero-order valence-corrected chi connectivity index (χ0v) is 15.5. The second-order valence-electron chi connectivity index (χ2n) is 6.28. The first-order chi connectivity index (χ1) is 11.8. The molecule has 3 rings (SSSR count). The van der Waals surface area contributed by atoms with Crippen LogP contribution < -0.4 is 5.73 Å². The molecular weight excluding hydrogens is 360 g/mol. The smallest absolute Gasteiger partial charge is 0.248 e. The minimum Gasteiger partial charge on any atom is -0.366 e. The highest BCUT2D eigenvalue weighted by atomic mass is 32.2. The van der Waals surface area contributed by atoms with Gasteiger partial charge in [-0.05, 0) is 30.0 Å². The lowest BCUT2D eigenvalue weighted by atomic mass is 10.1. The summed E-state index contributed by atoms with van der Waals surface area (Å²) in [6.07, 6.45) is 1.33. The molecule has 2 N–H and O–H groups in total. The summed E-state index contributed by atoms with van der Waals surface area (Å²) in [5, 5.41) is 9.21. The summed E-state index contributed by atoms with van der Waals surface area (Å²) in [7, 11) is -0.973. The van der Waals surface area contributed by atoms with Crippen LogP contribution in [0.3, 0.4) is 0 Å². The number of carbonyl (C=O) groups is 1. The maximum absolute atomic E-state index is 11.6. The molecule has 0 saturated carbocycles. The van der Waals surface area contributed by atoms with Crippen molar-refractivity contribution in [1.82, 2.24) is 14.8 Å². The van der Waals surface area contributed by atoms with Crippen LogP contribution in [0.4, 0.5) is 0 Å². The molecule has 9 heteroatoms. The van der Waals surface area contributed by atoms with E-state index >= 15 is 0 Å². The van der Waals surface area contributed by atoms with Crippen molar-refractivity contribution in [1.29, 1.82) is 0 Å². The number of benzene rings is 1. The molecule has 0 spiro atoms. The molecule has 1 aliphatic rings. The average molecular weight is 380 g/mol. The number of hydrogen-bond donors (Lipinski definition) is 1. The summed E-state index contributed by atoms with van der Waals surface area (Å²) in [6, 6.07) is 7.16. The van der Waals surface area contributed by atoms with Crippen molar-refractivity contribution >= 4 is 27.5 Å². The first kappa shape index (κ1) is 17.9. The highest BCUT2D eigenvalue weighted by Gasteiger charge is 2.29. The summed E-state index contributed by atoms with van der Waals surface area (Å²) in [4.78, 5) is 11.1. The van der Waals surface area contributed by atoms with Gasteiger partial charge in [0.1, 0.15) is 5.82 Å². The quantitative estimate of drug-likeness (QED) is 0.754. The number of aromatic nitrogens is 3. The lowest BCUT2D eigenvalue weighted by molar-refractivity contribution is 0.100. The summed E-state index contributed by atoms with van der Waals surface area (Å²) >= 11 is 1.55. The Kier molecular flexibility index (Phi) is 5.14. The first-order valence-electron chi connectivity index (χ1n) is 7.94. The molecule has 25 heavy (non-hydrogen) atoms. The summed E-state index contributed by atoms with van der Waals surface area (Å²) in [5.74, 6) is 1.72. The van der Waals surface area contributed by atoms with Crippen molar-refractivity contribution in [2.24, 2.45) is 18.7 Å². The Labute approximate surface area is 150 Å². The van der Waals surface area contributed by atoms with Crippen LogP contribution in [0.5, 0.6) is 0 Å². The minimum atomic E-state index is -2.87. The van der Waals surface area contributed by atoms with Crippen LogP contribution >= 0.6 is 11.8 Å². The molecule has 1 aromatic carbocycles. The van der Waals surface area contributed by atoms with Gasteiger partial charge in [0.15, 0.2) is 15.0 Å². The molecule has 134 valence electrons. The topological polar surface area (TPSA) is 108 Å². The van der Waals surface area contributed by atoms with Crippen molar-refractivity contribution < 1.29 is 13.2 Å². The van der Waals surface area contributed by atoms with Gasteiger partial charge in [-0.2, -0.15) is 0 Å². The van der Waals surface area contributed by atoms with Gasteiger partial charge < -0.3 is 10.3 Å². The maximum atomic E-state index is 11.6. The molecule has 0 unspecified atom stereocenters. The van der Waals surface area contributed by atoms with E-state index in [0.29, 0.717) is 24.2 Å². The van der Waals surface area contributed by atoms with E-state index in [2.05, 4.69) is 10.2 Å². The van der Waals surface area contributed by atoms with Crippen LogP contribution in [0.2, 0.25) is 0 Å². The number of primary amides is 1. The lowest BCUT2D eigenvalue weighted by Crippen LogP contribution is -2.11. The zero-order valence-electron chi connectivity index (χ0n) is 13.9.